The minimum Gasteiger partial charge on any atom is -0.493 e. The highest BCUT2D eigenvalue weighted by Crippen LogP contribution is 2.33. The Morgan fingerprint density at radius 1 is 1.03 bits per heavy atom. The summed E-state index contributed by atoms with van der Waals surface area (Å²) in [6.07, 6.45) is 4.32. The molecule has 2 aliphatic rings. The quantitative estimate of drug-likeness (QED) is 0.618. The summed E-state index contributed by atoms with van der Waals surface area (Å²) in [6.45, 7) is 5.19. The number of hydrogen-bond donors (Lipinski definition) is 2. The molecular weight excluding hydrogens is 442 g/mol. The predicted molar refractivity (Wildman–Crippen MR) is 136 cm³/mol. The number of carbonyl (C=O) groups is 2. The van der Waals surface area contributed by atoms with Crippen LogP contribution in [0.2, 0.25) is 0 Å². The van der Waals surface area contributed by atoms with Crippen molar-refractivity contribution >= 4 is 11.9 Å². The molecule has 1 heterocycles. The van der Waals surface area contributed by atoms with Crippen LogP contribution in [-0.2, 0) is 24.2 Å². The van der Waals surface area contributed by atoms with Gasteiger partial charge in [-0.1, -0.05) is 38.1 Å². The molecule has 0 radical (unpaired) electrons. The van der Waals surface area contributed by atoms with Crippen molar-refractivity contribution in [1.82, 2.24) is 15.5 Å². The van der Waals surface area contributed by atoms with Crippen LogP contribution in [0.1, 0.15) is 61.4 Å². The van der Waals surface area contributed by atoms with Gasteiger partial charge in [-0.2, -0.15) is 0 Å². The molecule has 1 unspecified atom stereocenters. The number of urea groups is 1. The van der Waals surface area contributed by atoms with E-state index in [-0.39, 0.29) is 23.9 Å². The highest BCUT2D eigenvalue weighted by molar-refractivity contribution is 5.87. The maximum Gasteiger partial charge on any atom is 0.318 e. The van der Waals surface area contributed by atoms with Gasteiger partial charge in [-0.15, -0.1) is 0 Å². The van der Waals surface area contributed by atoms with Gasteiger partial charge in [0.1, 0.15) is 6.04 Å². The first-order valence-corrected chi connectivity index (χ1v) is 12.6. The van der Waals surface area contributed by atoms with E-state index in [1.165, 1.54) is 11.1 Å². The molecule has 7 nitrogen and oxygen atoms in total. The van der Waals surface area contributed by atoms with Crippen LogP contribution in [-0.4, -0.2) is 43.6 Å². The van der Waals surface area contributed by atoms with E-state index in [0.717, 1.165) is 36.8 Å². The summed E-state index contributed by atoms with van der Waals surface area (Å²) < 4.78 is 10.9. The van der Waals surface area contributed by atoms with Gasteiger partial charge in [-0.05, 0) is 72.4 Å². The topological polar surface area (TPSA) is 79.9 Å². The van der Waals surface area contributed by atoms with Crippen molar-refractivity contribution in [2.24, 2.45) is 5.92 Å². The first-order valence-electron chi connectivity index (χ1n) is 12.6. The van der Waals surface area contributed by atoms with Crippen LogP contribution < -0.4 is 20.1 Å². The zero-order valence-corrected chi connectivity index (χ0v) is 21.2. The van der Waals surface area contributed by atoms with E-state index in [1.54, 1.807) is 19.1 Å². The Bertz CT molecular complexity index is 1070. The third kappa shape index (κ3) is 5.72. The van der Waals surface area contributed by atoms with E-state index in [0.29, 0.717) is 31.0 Å². The first-order chi connectivity index (χ1) is 16.9. The molecule has 35 heavy (non-hydrogen) atoms. The highest BCUT2D eigenvalue weighted by Gasteiger charge is 2.30. The van der Waals surface area contributed by atoms with E-state index in [9.17, 15) is 9.59 Å². The molecule has 0 aromatic heterocycles. The maximum absolute atomic E-state index is 13.4. The number of ether oxygens (including phenoxy) is 2. The standard InChI is InChI=1S/C28H37N3O4/c1-18(2)14-24(27(32)29-23-11-7-9-19-8-5-6-10-22(19)23)30-28(33)31-13-12-20-15-25(34-3)26(35-4)16-21(20)17-31/h5-6,8,10,15-16,18,23-24H,7,9,11-14,17H2,1-4H3,(H,29,32)(H,30,33)/t23?,24-/m0/s1. The molecule has 0 fully saturated rings. The molecular formula is C28H37N3O4. The fraction of sp³-hybridized carbons (Fsp3) is 0.500. The van der Waals surface area contributed by atoms with E-state index in [1.807, 2.05) is 24.3 Å². The molecule has 1 aliphatic heterocycles. The summed E-state index contributed by atoms with van der Waals surface area (Å²) in [5.74, 6) is 1.50. The number of aryl methyl sites for hydroxylation is 1. The fourth-order valence-corrected chi connectivity index (χ4v) is 5.18. The molecule has 2 N–H and O–H groups in total. The third-order valence-electron chi connectivity index (χ3n) is 7.01. The van der Waals surface area contributed by atoms with Gasteiger partial charge < -0.3 is 25.0 Å². The lowest BCUT2D eigenvalue weighted by Gasteiger charge is -2.32. The largest absolute Gasteiger partial charge is 0.493 e. The second-order valence-electron chi connectivity index (χ2n) is 9.93. The van der Waals surface area contributed by atoms with E-state index < -0.39 is 6.04 Å². The van der Waals surface area contributed by atoms with Gasteiger partial charge in [0, 0.05) is 13.1 Å². The monoisotopic (exact) mass is 479 g/mol. The third-order valence-corrected chi connectivity index (χ3v) is 7.01. The van der Waals surface area contributed by atoms with Crippen LogP contribution in [0, 0.1) is 5.92 Å². The van der Waals surface area contributed by atoms with Crippen molar-refractivity contribution in [2.45, 2.75) is 64.6 Å². The van der Waals surface area contributed by atoms with E-state index in [2.05, 4.69) is 36.6 Å². The fourth-order valence-electron chi connectivity index (χ4n) is 5.18. The van der Waals surface area contributed by atoms with Crippen LogP contribution in [0.5, 0.6) is 11.5 Å². The molecule has 7 heteroatoms. The van der Waals surface area contributed by atoms with Gasteiger partial charge in [-0.3, -0.25) is 4.79 Å². The first kappa shape index (κ1) is 24.9. The molecule has 1 aliphatic carbocycles. The number of methoxy groups -OCH3 is 2. The number of rotatable bonds is 7. The Balaban J connectivity index is 1.44. The molecule has 3 amide bonds. The number of nitrogens with one attached hydrogen (secondary N) is 2. The molecule has 2 aromatic rings. The zero-order chi connectivity index (χ0) is 24.9. The van der Waals surface area contributed by atoms with Crippen LogP contribution in [0.3, 0.4) is 0 Å². The van der Waals surface area contributed by atoms with Gasteiger partial charge in [0.05, 0.1) is 20.3 Å². The van der Waals surface area contributed by atoms with Crippen LogP contribution >= 0.6 is 0 Å². The summed E-state index contributed by atoms with van der Waals surface area (Å²) in [5.41, 5.74) is 4.68. The minimum atomic E-state index is -0.580. The van der Waals surface area contributed by atoms with Gasteiger partial charge in [0.25, 0.3) is 0 Å². The average molecular weight is 480 g/mol. The van der Waals surface area contributed by atoms with E-state index in [4.69, 9.17) is 9.47 Å². The summed E-state index contributed by atoms with van der Waals surface area (Å²) in [6, 6.07) is 11.4. The van der Waals surface area contributed by atoms with E-state index >= 15 is 0 Å². The SMILES string of the molecule is COc1cc2c(cc1OC)CN(C(=O)N[C@@H](CC(C)C)C(=O)NC1CCCc3ccccc31)CC2. The summed E-state index contributed by atoms with van der Waals surface area (Å²) in [5, 5.41) is 6.26. The molecule has 4 rings (SSSR count). The van der Waals surface area contributed by atoms with Gasteiger partial charge in [0.15, 0.2) is 11.5 Å². The Kier molecular flexibility index (Phi) is 7.83. The minimum absolute atomic E-state index is 0.0108. The lowest BCUT2D eigenvalue weighted by Crippen LogP contribution is -2.53. The number of benzene rings is 2. The number of hydrogen-bond acceptors (Lipinski definition) is 4. The molecule has 2 atom stereocenters. The Morgan fingerprint density at radius 2 is 1.74 bits per heavy atom. The highest BCUT2D eigenvalue weighted by atomic mass is 16.5. The van der Waals surface area contributed by atoms with Gasteiger partial charge in [0.2, 0.25) is 5.91 Å². The molecule has 0 saturated heterocycles. The van der Waals surface area contributed by atoms with Crippen molar-refractivity contribution < 1.29 is 19.1 Å². The van der Waals surface area contributed by atoms with Crippen molar-refractivity contribution in [1.29, 1.82) is 0 Å². The van der Waals surface area contributed by atoms with Crippen LogP contribution in [0.4, 0.5) is 4.79 Å². The van der Waals surface area contributed by atoms with Gasteiger partial charge >= 0.3 is 6.03 Å². The maximum atomic E-state index is 13.4. The van der Waals surface area contributed by atoms with Crippen molar-refractivity contribution in [2.75, 3.05) is 20.8 Å². The second kappa shape index (κ2) is 11.0. The molecule has 188 valence electrons. The number of fused-ring (bicyclic) bond motifs is 2. The number of amides is 3. The van der Waals surface area contributed by atoms with Crippen molar-refractivity contribution in [3.63, 3.8) is 0 Å². The Morgan fingerprint density at radius 3 is 2.46 bits per heavy atom. The van der Waals surface area contributed by atoms with Crippen LogP contribution in [0.15, 0.2) is 36.4 Å². The molecule has 0 bridgehead atoms. The second-order valence-corrected chi connectivity index (χ2v) is 9.93. The summed E-state index contributed by atoms with van der Waals surface area (Å²) >= 11 is 0. The van der Waals surface area contributed by atoms with Crippen molar-refractivity contribution in [3.8, 4) is 11.5 Å². The molecule has 0 saturated carbocycles. The number of nitrogens with zero attached hydrogens (tertiary/aromatic N) is 1. The van der Waals surface area contributed by atoms with Crippen molar-refractivity contribution in [3.05, 3.63) is 58.7 Å². The lowest BCUT2D eigenvalue weighted by atomic mass is 9.87. The lowest BCUT2D eigenvalue weighted by molar-refractivity contribution is -0.124. The molecule has 0 spiro atoms. The normalized spacial score (nSPS) is 17.7. The molecule has 2 aromatic carbocycles. The van der Waals surface area contributed by atoms with Gasteiger partial charge in [-0.25, -0.2) is 4.79 Å². The predicted octanol–water partition coefficient (Wildman–Crippen LogP) is 4.38. The smallest absolute Gasteiger partial charge is 0.318 e. The average Bonchev–Trinajstić information content (AvgIpc) is 2.86. The summed E-state index contributed by atoms with van der Waals surface area (Å²) in [7, 11) is 3.23. The number of carbonyl (C=O) groups excluding carboxylic acids is 2. The summed E-state index contributed by atoms with van der Waals surface area (Å²) in [4.78, 5) is 28.4. The Labute approximate surface area is 208 Å². The Hall–Kier alpha value is -3.22. The zero-order valence-electron chi connectivity index (χ0n) is 21.2. The van der Waals surface area contributed by atoms with Crippen LogP contribution in [0.25, 0.3) is 0 Å².